The van der Waals surface area contributed by atoms with E-state index < -0.39 is 0 Å². The minimum Gasteiger partial charge on any atom is -0.339 e. The lowest BCUT2D eigenvalue weighted by Crippen LogP contribution is -2.02. The summed E-state index contributed by atoms with van der Waals surface area (Å²) in [6.07, 6.45) is 0. The summed E-state index contributed by atoms with van der Waals surface area (Å²) in [5, 5.41) is 6.32. The van der Waals surface area contributed by atoms with Gasteiger partial charge in [0.1, 0.15) is 11.6 Å². The predicted molar refractivity (Wildman–Crippen MR) is 93.9 cm³/mol. The maximum absolute atomic E-state index is 13.0. The summed E-state index contributed by atoms with van der Waals surface area (Å²) in [5.41, 5.74) is 2.46. The summed E-state index contributed by atoms with van der Waals surface area (Å²) in [4.78, 5) is 8.79. The van der Waals surface area contributed by atoms with Gasteiger partial charge in [0.25, 0.3) is 0 Å². The van der Waals surface area contributed by atoms with E-state index >= 15 is 0 Å². The predicted octanol–water partition coefficient (Wildman–Crippen LogP) is 5.17. The van der Waals surface area contributed by atoms with Crippen LogP contribution in [0.5, 0.6) is 0 Å². The van der Waals surface area contributed by atoms with Gasteiger partial charge >= 0.3 is 0 Å². The van der Waals surface area contributed by atoms with Crippen LogP contribution in [0.4, 0.5) is 27.5 Å². The molecule has 0 aliphatic carbocycles. The number of benzene rings is 2. The van der Waals surface area contributed by atoms with Crippen LogP contribution in [0.3, 0.4) is 0 Å². The van der Waals surface area contributed by atoms with Crippen LogP contribution in [0.2, 0.25) is 0 Å². The van der Waals surface area contributed by atoms with Crippen LogP contribution in [0.1, 0.15) is 5.69 Å². The second-order valence-electron chi connectivity index (χ2n) is 4.95. The first-order chi connectivity index (χ1) is 11.1. The maximum Gasteiger partial charge on any atom is 0.229 e. The van der Waals surface area contributed by atoms with Crippen molar-refractivity contribution in [3.05, 3.63) is 70.6 Å². The third kappa shape index (κ3) is 4.04. The average Bonchev–Trinajstić information content (AvgIpc) is 2.51. The first-order valence-electron chi connectivity index (χ1n) is 7.00. The van der Waals surface area contributed by atoms with E-state index in [2.05, 4.69) is 36.5 Å². The Morgan fingerprint density at radius 2 is 1.70 bits per heavy atom. The van der Waals surface area contributed by atoms with Crippen LogP contribution in [-0.4, -0.2) is 9.97 Å². The Kier molecular flexibility index (Phi) is 4.52. The van der Waals surface area contributed by atoms with Crippen LogP contribution in [0.15, 0.2) is 59.1 Å². The lowest BCUT2D eigenvalue weighted by Gasteiger charge is -2.11. The van der Waals surface area contributed by atoms with E-state index in [9.17, 15) is 4.39 Å². The smallest absolute Gasteiger partial charge is 0.229 e. The molecule has 0 fully saturated rings. The summed E-state index contributed by atoms with van der Waals surface area (Å²) in [6, 6.07) is 15.7. The topological polar surface area (TPSA) is 49.8 Å². The zero-order valence-corrected chi connectivity index (χ0v) is 13.9. The third-order valence-corrected chi connectivity index (χ3v) is 3.78. The van der Waals surface area contributed by atoms with Gasteiger partial charge in [-0.25, -0.2) is 9.37 Å². The largest absolute Gasteiger partial charge is 0.339 e. The molecule has 0 atom stereocenters. The molecule has 0 saturated heterocycles. The van der Waals surface area contributed by atoms with Gasteiger partial charge in [-0.15, -0.1) is 0 Å². The minimum absolute atomic E-state index is 0.281. The molecular weight excluding hydrogens is 359 g/mol. The Morgan fingerprint density at radius 1 is 0.957 bits per heavy atom. The van der Waals surface area contributed by atoms with Crippen molar-refractivity contribution in [2.24, 2.45) is 0 Å². The Hall–Kier alpha value is -2.47. The quantitative estimate of drug-likeness (QED) is 0.662. The van der Waals surface area contributed by atoms with E-state index in [1.165, 1.54) is 12.1 Å². The number of aromatic nitrogens is 2. The number of nitrogens with one attached hydrogen (secondary N) is 2. The van der Waals surface area contributed by atoms with Gasteiger partial charge in [-0.3, -0.25) is 0 Å². The number of nitrogens with zero attached hydrogens (tertiary/aromatic N) is 2. The Morgan fingerprint density at radius 3 is 2.43 bits per heavy atom. The molecule has 0 radical (unpaired) electrons. The SMILES string of the molecule is Cc1cc(Nc2ccccc2Br)nc(Nc2ccc(F)cc2)n1. The monoisotopic (exact) mass is 372 g/mol. The van der Waals surface area contributed by atoms with E-state index in [1.807, 2.05) is 37.3 Å². The molecule has 0 spiro atoms. The van der Waals surface area contributed by atoms with Crippen molar-refractivity contribution in [2.45, 2.75) is 6.92 Å². The summed E-state index contributed by atoms with van der Waals surface area (Å²) in [5.74, 6) is 0.845. The van der Waals surface area contributed by atoms with E-state index in [0.29, 0.717) is 11.8 Å². The highest BCUT2D eigenvalue weighted by molar-refractivity contribution is 9.10. The Bertz CT molecular complexity index is 821. The van der Waals surface area contributed by atoms with Crippen LogP contribution in [0.25, 0.3) is 0 Å². The van der Waals surface area contributed by atoms with Crippen molar-refractivity contribution in [3.8, 4) is 0 Å². The normalized spacial score (nSPS) is 10.4. The molecule has 0 aliphatic heterocycles. The van der Waals surface area contributed by atoms with E-state index in [1.54, 1.807) is 12.1 Å². The molecule has 1 aromatic heterocycles. The fraction of sp³-hybridized carbons (Fsp3) is 0.0588. The van der Waals surface area contributed by atoms with E-state index in [4.69, 9.17) is 0 Å². The van der Waals surface area contributed by atoms with Crippen molar-refractivity contribution in [3.63, 3.8) is 0 Å². The van der Waals surface area contributed by atoms with Crippen molar-refractivity contribution in [2.75, 3.05) is 10.6 Å². The van der Waals surface area contributed by atoms with Gasteiger partial charge in [0.15, 0.2) is 0 Å². The molecule has 3 aromatic rings. The summed E-state index contributed by atoms with van der Waals surface area (Å²) < 4.78 is 13.9. The van der Waals surface area contributed by atoms with Crippen molar-refractivity contribution >= 4 is 39.1 Å². The molecule has 0 bridgehead atoms. The van der Waals surface area contributed by atoms with Crippen LogP contribution >= 0.6 is 15.9 Å². The molecule has 116 valence electrons. The highest BCUT2D eigenvalue weighted by atomic mass is 79.9. The molecule has 4 nitrogen and oxygen atoms in total. The highest BCUT2D eigenvalue weighted by Crippen LogP contribution is 2.25. The fourth-order valence-corrected chi connectivity index (χ4v) is 2.44. The zero-order chi connectivity index (χ0) is 16.2. The number of aryl methyl sites for hydroxylation is 1. The summed E-state index contributed by atoms with van der Waals surface area (Å²) in [6.45, 7) is 1.89. The van der Waals surface area contributed by atoms with Crippen molar-refractivity contribution in [1.82, 2.24) is 9.97 Å². The number of para-hydroxylation sites is 1. The molecule has 0 aliphatic rings. The molecule has 0 unspecified atom stereocenters. The van der Waals surface area contributed by atoms with Crippen LogP contribution in [0, 0.1) is 12.7 Å². The van der Waals surface area contributed by atoms with Gasteiger partial charge in [-0.05, 0) is 59.3 Å². The van der Waals surface area contributed by atoms with Gasteiger partial charge in [-0.2, -0.15) is 4.98 Å². The highest BCUT2D eigenvalue weighted by Gasteiger charge is 2.05. The first kappa shape index (κ1) is 15.4. The molecule has 0 amide bonds. The lowest BCUT2D eigenvalue weighted by molar-refractivity contribution is 0.628. The lowest BCUT2D eigenvalue weighted by atomic mass is 10.3. The molecule has 1 heterocycles. The van der Waals surface area contributed by atoms with Gasteiger partial charge in [0.2, 0.25) is 5.95 Å². The van der Waals surface area contributed by atoms with Crippen molar-refractivity contribution in [1.29, 1.82) is 0 Å². The van der Waals surface area contributed by atoms with Crippen molar-refractivity contribution < 1.29 is 4.39 Å². The number of hydrogen-bond donors (Lipinski definition) is 2. The van der Waals surface area contributed by atoms with Crippen LogP contribution in [-0.2, 0) is 0 Å². The number of hydrogen-bond acceptors (Lipinski definition) is 4. The minimum atomic E-state index is -0.281. The number of anilines is 4. The second-order valence-corrected chi connectivity index (χ2v) is 5.81. The molecular formula is C17H14BrFN4. The first-order valence-corrected chi connectivity index (χ1v) is 7.79. The Labute approximate surface area is 141 Å². The molecule has 0 saturated carbocycles. The Balaban J connectivity index is 1.84. The molecule has 2 aromatic carbocycles. The molecule has 23 heavy (non-hydrogen) atoms. The maximum atomic E-state index is 13.0. The van der Waals surface area contributed by atoms with Gasteiger partial charge in [-0.1, -0.05) is 12.1 Å². The molecule has 3 rings (SSSR count). The number of rotatable bonds is 4. The molecule has 6 heteroatoms. The third-order valence-electron chi connectivity index (χ3n) is 3.09. The summed E-state index contributed by atoms with van der Waals surface area (Å²) >= 11 is 3.49. The zero-order valence-electron chi connectivity index (χ0n) is 12.3. The molecule has 2 N–H and O–H groups in total. The summed E-state index contributed by atoms with van der Waals surface area (Å²) in [7, 11) is 0. The van der Waals surface area contributed by atoms with Gasteiger partial charge in [0, 0.05) is 21.9 Å². The fourth-order valence-electron chi connectivity index (χ4n) is 2.05. The van der Waals surface area contributed by atoms with E-state index in [0.717, 1.165) is 21.5 Å². The standard InChI is InChI=1S/C17H14BrFN4/c1-11-10-16(22-15-5-3-2-4-14(15)18)23-17(20-11)21-13-8-6-12(19)7-9-13/h2-10H,1H3,(H2,20,21,22,23). The number of halogens is 2. The average molecular weight is 373 g/mol. The van der Waals surface area contributed by atoms with Crippen LogP contribution < -0.4 is 10.6 Å². The second kappa shape index (κ2) is 6.75. The van der Waals surface area contributed by atoms with Gasteiger partial charge in [0.05, 0.1) is 5.69 Å². The van der Waals surface area contributed by atoms with E-state index in [-0.39, 0.29) is 5.82 Å². The van der Waals surface area contributed by atoms with Gasteiger partial charge < -0.3 is 10.6 Å².